The van der Waals surface area contributed by atoms with Gasteiger partial charge in [0.2, 0.25) is 5.28 Å². The lowest BCUT2D eigenvalue weighted by Gasteiger charge is -2.03. The SMILES string of the molecule is CCCCO.CCCCOc1nc(N)c2[nH]cnc2n1.Nc1nc(Cl)nc2nc[nH]c12. The van der Waals surface area contributed by atoms with Crippen LogP contribution in [0.5, 0.6) is 6.01 Å². The molecule has 168 valence electrons. The second-order valence-corrected chi connectivity index (χ2v) is 6.59. The molecule has 0 unspecified atom stereocenters. The van der Waals surface area contributed by atoms with Crippen LogP contribution in [0.2, 0.25) is 5.28 Å². The number of unbranched alkanes of at least 4 members (excludes halogenated alkanes) is 2. The van der Waals surface area contributed by atoms with Crippen LogP contribution in [0, 0.1) is 0 Å². The number of nitrogen functional groups attached to an aromatic ring is 2. The summed E-state index contributed by atoms with van der Waals surface area (Å²) >= 11 is 5.52. The summed E-state index contributed by atoms with van der Waals surface area (Å²) in [5.74, 6) is 0.682. The van der Waals surface area contributed by atoms with Gasteiger partial charge in [-0.25, -0.2) is 9.97 Å². The van der Waals surface area contributed by atoms with E-state index in [4.69, 9.17) is 32.9 Å². The van der Waals surface area contributed by atoms with Crippen molar-refractivity contribution in [2.24, 2.45) is 0 Å². The fourth-order valence-electron chi connectivity index (χ4n) is 2.19. The lowest BCUT2D eigenvalue weighted by Crippen LogP contribution is -2.03. The molecule has 4 heterocycles. The fraction of sp³-hybridized carbons (Fsp3) is 0.444. The average molecular weight is 451 g/mol. The summed E-state index contributed by atoms with van der Waals surface area (Å²) in [7, 11) is 0. The molecule has 0 aliphatic carbocycles. The number of nitrogens with one attached hydrogen (secondary N) is 2. The molecule has 4 aromatic heterocycles. The summed E-state index contributed by atoms with van der Waals surface area (Å²) in [4.78, 5) is 29.2. The van der Waals surface area contributed by atoms with Gasteiger partial charge in [-0.2, -0.15) is 19.9 Å². The Labute approximate surface area is 183 Å². The summed E-state index contributed by atoms with van der Waals surface area (Å²) < 4.78 is 5.35. The van der Waals surface area contributed by atoms with Gasteiger partial charge in [0.05, 0.1) is 19.3 Å². The number of imidazole rings is 2. The van der Waals surface area contributed by atoms with Crippen molar-refractivity contribution in [2.45, 2.75) is 39.5 Å². The van der Waals surface area contributed by atoms with Crippen molar-refractivity contribution in [1.29, 1.82) is 0 Å². The largest absolute Gasteiger partial charge is 0.463 e. The second-order valence-electron chi connectivity index (χ2n) is 6.25. The first kappa shape index (κ1) is 24.0. The smallest absolute Gasteiger partial charge is 0.320 e. The zero-order valence-corrected chi connectivity index (χ0v) is 18.2. The first-order chi connectivity index (χ1) is 15.0. The number of H-pyrrole nitrogens is 2. The second kappa shape index (κ2) is 12.4. The van der Waals surface area contributed by atoms with Gasteiger partial charge in [0.1, 0.15) is 11.0 Å². The molecule has 4 rings (SSSR count). The lowest BCUT2D eigenvalue weighted by molar-refractivity contribution is 0.286. The van der Waals surface area contributed by atoms with E-state index in [1.165, 1.54) is 12.7 Å². The van der Waals surface area contributed by atoms with Crippen LogP contribution in [0.25, 0.3) is 22.3 Å². The number of nitrogens with zero attached hydrogens (tertiary/aromatic N) is 6. The molecule has 7 N–H and O–H groups in total. The van der Waals surface area contributed by atoms with E-state index in [0.717, 1.165) is 25.7 Å². The number of halogens is 1. The average Bonchev–Trinajstić information content (AvgIpc) is 3.39. The molecule has 0 spiro atoms. The van der Waals surface area contributed by atoms with Crippen LogP contribution >= 0.6 is 11.6 Å². The number of anilines is 2. The number of aromatic amines is 2. The molecule has 31 heavy (non-hydrogen) atoms. The molecule has 0 saturated heterocycles. The van der Waals surface area contributed by atoms with Crippen molar-refractivity contribution in [3.63, 3.8) is 0 Å². The van der Waals surface area contributed by atoms with Crippen molar-refractivity contribution in [3.8, 4) is 6.01 Å². The molecular weight excluding hydrogens is 424 g/mol. The van der Waals surface area contributed by atoms with Gasteiger partial charge in [-0.3, -0.25) is 0 Å². The van der Waals surface area contributed by atoms with Gasteiger partial charge in [0, 0.05) is 6.61 Å². The number of fused-ring (bicyclic) bond motifs is 2. The topological polar surface area (TPSA) is 190 Å². The molecule has 0 aliphatic heterocycles. The molecule has 0 saturated carbocycles. The van der Waals surface area contributed by atoms with Crippen molar-refractivity contribution in [1.82, 2.24) is 39.9 Å². The van der Waals surface area contributed by atoms with E-state index in [1.54, 1.807) is 0 Å². The first-order valence-electron chi connectivity index (χ1n) is 9.82. The van der Waals surface area contributed by atoms with Crippen LogP contribution in [0.15, 0.2) is 12.7 Å². The van der Waals surface area contributed by atoms with Crippen LogP contribution in [-0.4, -0.2) is 58.2 Å². The van der Waals surface area contributed by atoms with E-state index in [9.17, 15) is 0 Å². The van der Waals surface area contributed by atoms with E-state index in [-0.39, 0.29) is 5.28 Å². The predicted octanol–water partition coefficient (Wildman–Crippen LogP) is 2.48. The van der Waals surface area contributed by atoms with Crippen molar-refractivity contribution in [3.05, 3.63) is 17.9 Å². The molecule has 12 nitrogen and oxygen atoms in total. The van der Waals surface area contributed by atoms with Crippen LogP contribution < -0.4 is 16.2 Å². The maximum Gasteiger partial charge on any atom is 0.320 e. The number of rotatable bonds is 6. The minimum absolute atomic E-state index is 0.113. The molecule has 0 radical (unpaired) electrons. The highest BCUT2D eigenvalue weighted by Crippen LogP contribution is 2.16. The Morgan fingerprint density at radius 3 is 2.03 bits per heavy atom. The number of hydrogen-bond acceptors (Lipinski definition) is 10. The van der Waals surface area contributed by atoms with Crippen LogP contribution in [-0.2, 0) is 0 Å². The molecule has 0 amide bonds. The summed E-state index contributed by atoms with van der Waals surface area (Å²) in [5.41, 5.74) is 13.5. The zero-order valence-electron chi connectivity index (χ0n) is 17.5. The third-order valence-corrected chi connectivity index (χ3v) is 3.99. The number of aromatic nitrogens is 8. The third-order valence-electron chi connectivity index (χ3n) is 3.82. The highest BCUT2D eigenvalue weighted by atomic mass is 35.5. The van der Waals surface area contributed by atoms with Gasteiger partial charge < -0.3 is 31.3 Å². The monoisotopic (exact) mass is 450 g/mol. The van der Waals surface area contributed by atoms with Gasteiger partial charge in [-0.05, 0) is 24.4 Å². The minimum atomic E-state index is 0.113. The Balaban J connectivity index is 0.000000187. The Morgan fingerprint density at radius 1 is 0.903 bits per heavy atom. The highest BCUT2D eigenvalue weighted by molar-refractivity contribution is 6.28. The van der Waals surface area contributed by atoms with Crippen LogP contribution in [0.1, 0.15) is 39.5 Å². The molecule has 0 bridgehead atoms. The summed E-state index contributed by atoms with van der Waals surface area (Å²) in [6, 6.07) is 0.292. The third kappa shape index (κ3) is 7.19. The normalized spacial score (nSPS) is 10.3. The van der Waals surface area contributed by atoms with Gasteiger partial charge >= 0.3 is 6.01 Å². The summed E-state index contributed by atoms with van der Waals surface area (Å²) in [6.07, 6.45) is 7.11. The first-order valence-corrected chi connectivity index (χ1v) is 10.2. The fourth-order valence-corrected chi connectivity index (χ4v) is 2.36. The van der Waals surface area contributed by atoms with Crippen molar-refractivity contribution >= 4 is 45.6 Å². The van der Waals surface area contributed by atoms with Crippen molar-refractivity contribution in [2.75, 3.05) is 24.7 Å². The van der Waals surface area contributed by atoms with E-state index >= 15 is 0 Å². The van der Waals surface area contributed by atoms with Gasteiger partial charge in [-0.1, -0.05) is 26.7 Å². The lowest BCUT2D eigenvalue weighted by atomic mass is 10.4. The maximum absolute atomic E-state index is 8.07. The molecular formula is C18H27ClN10O2. The summed E-state index contributed by atoms with van der Waals surface area (Å²) in [5, 5.41) is 8.18. The Kier molecular flexibility index (Phi) is 9.65. The number of aliphatic hydroxyl groups is 1. The van der Waals surface area contributed by atoms with Crippen LogP contribution in [0.3, 0.4) is 0 Å². The van der Waals surface area contributed by atoms with E-state index < -0.39 is 0 Å². The molecule has 0 atom stereocenters. The zero-order chi connectivity index (χ0) is 22.6. The van der Waals surface area contributed by atoms with E-state index in [1.807, 2.05) is 0 Å². The standard InChI is InChI=1S/C9H13N5O.C5H4ClN5.C4H10O/c1-2-3-4-15-9-13-7(10)6-8(14-9)12-5-11-6;6-5-10-3(7)2-4(11-5)9-1-8-2;1-2-3-4-5/h5H,2-4H2,1H3,(H3,10,11,12,13,14);1H,(H3,7,8,9,10,11);5H,2-4H2,1H3. The molecule has 0 aliphatic rings. The van der Waals surface area contributed by atoms with Gasteiger partial charge in [0.25, 0.3) is 0 Å². The Morgan fingerprint density at radius 2 is 1.48 bits per heavy atom. The Bertz CT molecular complexity index is 1070. The molecule has 13 heteroatoms. The number of aliphatic hydroxyl groups excluding tert-OH is 1. The highest BCUT2D eigenvalue weighted by Gasteiger charge is 2.07. The van der Waals surface area contributed by atoms with E-state index in [0.29, 0.717) is 53.2 Å². The maximum atomic E-state index is 8.07. The number of hydrogen-bond donors (Lipinski definition) is 5. The number of ether oxygens (including phenoxy) is 1. The van der Waals surface area contributed by atoms with Gasteiger partial charge in [0.15, 0.2) is 22.9 Å². The van der Waals surface area contributed by atoms with Crippen LogP contribution in [0.4, 0.5) is 11.6 Å². The Hall–Kier alpha value is -3.25. The molecule has 0 aromatic carbocycles. The van der Waals surface area contributed by atoms with Crippen molar-refractivity contribution < 1.29 is 9.84 Å². The molecule has 0 fully saturated rings. The molecule has 4 aromatic rings. The summed E-state index contributed by atoms with van der Waals surface area (Å²) in [6.45, 7) is 5.09. The quantitative estimate of drug-likeness (QED) is 0.215. The van der Waals surface area contributed by atoms with E-state index in [2.05, 4.69) is 53.7 Å². The minimum Gasteiger partial charge on any atom is -0.463 e. The van der Waals surface area contributed by atoms with Gasteiger partial charge in [-0.15, -0.1) is 0 Å². The number of nitrogens with two attached hydrogens (primary N) is 2. The predicted molar refractivity (Wildman–Crippen MR) is 120 cm³/mol.